The third-order valence-corrected chi connectivity index (χ3v) is 3.14. The van der Waals surface area contributed by atoms with Crippen LogP contribution in [0.3, 0.4) is 0 Å². The van der Waals surface area contributed by atoms with Gasteiger partial charge in [0.05, 0.1) is 12.0 Å². The Labute approximate surface area is 106 Å². The predicted molar refractivity (Wildman–Crippen MR) is 67.0 cm³/mol. The quantitative estimate of drug-likeness (QED) is 0.895. The van der Waals surface area contributed by atoms with E-state index in [2.05, 4.69) is 15.4 Å². The van der Waals surface area contributed by atoms with E-state index in [1.807, 2.05) is 18.2 Å². The second-order valence-corrected chi connectivity index (χ2v) is 4.54. The maximum absolute atomic E-state index is 5.30. The maximum Gasteiger partial charge on any atom is 0.202 e. The Morgan fingerprint density at radius 2 is 2.28 bits per heavy atom. The molecule has 0 bridgehead atoms. The van der Waals surface area contributed by atoms with Gasteiger partial charge < -0.3 is 14.3 Å². The largest absolute Gasteiger partial charge is 0.461 e. The molecular weight excluding hydrogens is 230 g/mol. The van der Waals surface area contributed by atoms with E-state index in [0.29, 0.717) is 5.76 Å². The van der Waals surface area contributed by atoms with Crippen molar-refractivity contribution in [3.8, 4) is 11.5 Å². The van der Waals surface area contributed by atoms with E-state index < -0.39 is 0 Å². The Bertz CT molecular complexity index is 470. The average molecular weight is 247 g/mol. The highest BCUT2D eigenvalue weighted by Gasteiger charge is 2.13. The molecule has 5 heteroatoms. The first-order chi connectivity index (χ1) is 8.92. The molecule has 3 heterocycles. The molecule has 0 aromatic carbocycles. The molecule has 0 spiro atoms. The summed E-state index contributed by atoms with van der Waals surface area (Å²) in [6.07, 6.45) is 2.82. The Morgan fingerprint density at radius 1 is 1.28 bits per heavy atom. The molecule has 2 aromatic rings. The van der Waals surface area contributed by atoms with Crippen LogP contribution in [0.25, 0.3) is 11.5 Å². The molecule has 1 N–H and O–H groups in total. The van der Waals surface area contributed by atoms with Gasteiger partial charge in [0.25, 0.3) is 0 Å². The minimum absolute atomic E-state index is 0.697. The van der Waals surface area contributed by atoms with Crippen LogP contribution in [0.1, 0.15) is 12.1 Å². The van der Waals surface area contributed by atoms with E-state index in [9.17, 15) is 0 Å². The molecule has 2 aromatic heterocycles. The smallest absolute Gasteiger partial charge is 0.202 e. The molecule has 18 heavy (non-hydrogen) atoms. The second kappa shape index (κ2) is 5.37. The number of rotatable bonds is 3. The van der Waals surface area contributed by atoms with Gasteiger partial charge in [0.1, 0.15) is 0 Å². The fourth-order valence-corrected chi connectivity index (χ4v) is 2.21. The molecule has 1 fully saturated rings. The van der Waals surface area contributed by atoms with Gasteiger partial charge in [-0.25, -0.2) is 0 Å². The summed E-state index contributed by atoms with van der Waals surface area (Å²) in [5, 5.41) is 7.49. The van der Waals surface area contributed by atoms with Crippen LogP contribution in [0.2, 0.25) is 0 Å². The topological polar surface area (TPSA) is 54.4 Å². The summed E-state index contributed by atoms with van der Waals surface area (Å²) < 4.78 is 10.6. The van der Waals surface area contributed by atoms with E-state index in [4.69, 9.17) is 8.94 Å². The summed E-state index contributed by atoms with van der Waals surface area (Å²) >= 11 is 0. The van der Waals surface area contributed by atoms with Crippen LogP contribution in [0.15, 0.2) is 33.4 Å². The zero-order chi connectivity index (χ0) is 12.2. The zero-order valence-corrected chi connectivity index (χ0v) is 10.3. The van der Waals surface area contributed by atoms with Crippen molar-refractivity contribution in [2.24, 2.45) is 0 Å². The maximum atomic E-state index is 5.30. The molecule has 1 aliphatic rings. The Morgan fingerprint density at radius 3 is 3.17 bits per heavy atom. The van der Waals surface area contributed by atoms with Crippen molar-refractivity contribution >= 4 is 0 Å². The summed E-state index contributed by atoms with van der Waals surface area (Å²) in [6, 6.07) is 5.68. The number of hydrogen-bond donors (Lipinski definition) is 1. The number of nitrogens with one attached hydrogen (secondary N) is 1. The lowest BCUT2D eigenvalue weighted by atomic mass is 10.3. The van der Waals surface area contributed by atoms with Crippen LogP contribution in [0.5, 0.6) is 0 Å². The lowest BCUT2D eigenvalue weighted by Crippen LogP contribution is -2.27. The highest BCUT2D eigenvalue weighted by molar-refractivity contribution is 5.49. The van der Waals surface area contributed by atoms with E-state index in [-0.39, 0.29) is 0 Å². The van der Waals surface area contributed by atoms with Gasteiger partial charge in [0.15, 0.2) is 5.76 Å². The molecule has 0 radical (unpaired) electrons. The molecule has 0 amide bonds. The molecule has 0 saturated carbocycles. The summed E-state index contributed by atoms with van der Waals surface area (Å²) in [6.45, 7) is 5.15. The fraction of sp³-hybridized carbons (Fsp3) is 0.462. The van der Waals surface area contributed by atoms with Gasteiger partial charge in [0, 0.05) is 25.7 Å². The van der Waals surface area contributed by atoms with Gasteiger partial charge >= 0.3 is 0 Å². The van der Waals surface area contributed by atoms with E-state index in [0.717, 1.165) is 44.2 Å². The summed E-state index contributed by atoms with van der Waals surface area (Å²) in [4.78, 5) is 2.39. The molecule has 5 nitrogen and oxygen atoms in total. The third-order valence-electron chi connectivity index (χ3n) is 3.14. The number of nitrogens with zero attached hydrogens (tertiary/aromatic N) is 2. The van der Waals surface area contributed by atoms with Crippen LogP contribution in [-0.4, -0.2) is 36.2 Å². The number of aromatic nitrogens is 1. The summed E-state index contributed by atoms with van der Waals surface area (Å²) in [5.41, 5.74) is 0.961. The Hall–Kier alpha value is -1.59. The van der Waals surface area contributed by atoms with Gasteiger partial charge in [-0.3, -0.25) is 4.90 Å². The molecule has 0 atom stereocenters. The van der Waals surface area contributed by atoms with Gasteiger partial charge in [0.2, 0.25) is 5.76 Å². The molecule has 1 aliphatic heterocycles. The number of hydrogen-bond acceptors (Lipinski definition) is 5. The van der Waals surface area contributed by atoms with Crippen LogP contribution in [-0.2, 0) is 6.54 Å². The van der Waals surface area contributed by atoms with Crippen LogP contribution in [0, 0.1) is 0 Å². The second-order valence-electron chi connectivity index (χ2n) is 4.54. The highest BCUT2D eigenvalue weighted by atomic mass is 16.5. The van der Waals surface area contributed by atoms with E-state index >= 15 is 0 Å². The zero-order valence-electron chi connectivity index (χ0n) is 10.3. The van der Waals surface area contributed by atoms with Crippen molar-refractivity contribution in [1.29, 1.82) is 0 Å². The van der Waals surface area contributed by atoms with Gasteiger partial charge in [-0.05, 0) is 31.6 Å². The van der Waals surface area contributed by atoms with Gasteiger partial charge in [-0.2, -0.15) is 0 Å². The molecule has 96 valence electrons. The van der Waals surface area contributed by atoms with Crippen LogP contribution in [0.4, 0.5) is 0 Å². The minimum atomic E-state index is 0.697. The van der Waals surface area contributed by atoms with Crippen molar-refractivity contribution in [2.75, 3.05) is 26.2 Å². The van der Waals surface area contributed by atoms with Crippen molar-refractivity contribution in [2.45, 2.75) is 13.0 Å². The lowest BCUT2D eigenvalue weighted by Gasteiger charge is -2.17. The highest BCUT2D eigenvalue weighted by Crippen LogP contribution is 2.21. The van der Waals surface area contributed by atoms with E-state index in [1.54, 1.807) is 6.26 Å². The van der Waals surface area contributed by atoms with Crippen molar-refractivity contribution < 1.29 is 8.94 Å². The van der Waals surface area contributed by atoms with E-state index in [1.165, 1.54) is 6.42 Å². The summed E-state index contributed by atoms with van der Waals surface area (Å²) in [7, 11) is 0. The van der Waals surface area contributed by atoms with Crippen LogP contribution >= 0.6 is 0 Å². The third kappa shape index (κ3) is 2.63. The SMILES string of the molecule is c1coc(-c2cc(CN3CCCNCC3)no2)c1. The predicted octanol–water partition coefficient (Wildman–Crippen LogP) is 1.73. The van der Waals surface area contributed by atoms with Crippen molar-refractivity contribution in [3.63, 3.8) is 0 Å². The minimum Gasteiger partial charge on any atom is -0.461 e. The first-order valence-electron chi connectivity index (χ1n) is 6.34. The Kier molecular flexibility index (Phi) is 3.43. The average Bonchev–Trinajstić information content (AvgIpc) is 2.98. The molecule has 1 saturated heterocycles. The van der Waals surface area contributed by atoms with Crippen molar-refractivity contribution in [3.05, 3.63) is 30.2 Å². The van der Waals surface area contributed by atoms with Crippen molar-refractivity contribution in [1.82, 2.24) is 15.4 Å². The Balaban J connectivity index is 1.66. The summed E-state index contributed by atoms with van der Waals surface area (Å²) in [5.74, 6) is 1.43. The standard InChI is InChI=1S/C13H17N3O2/c1-3-12(17-8-1)13-9-11(15-18-13)10-16-6-2-4-14-5-7-16/h1,3,8-9,14H,2,4-7,10H2. The molecular formula is C13H17N3O2. The molecule has 3 rings (SSSR count). The lowest BCUT2D eigenvalue weighted by molar-refractivity contribution is 0.274. The van der Waals surface area contributed by atoms with Gasteiger partial charge in [-0.1, -0.05) is 5.16 Å². The number of furan rings is 1. The van der Waals surface area contributed by atoms with Crippen LogP contribution < -0.4 is 5.32 Å². The molecule has 0 unspecified atom stereocenters. The first kappa shape index (κ1) is 11.5. The van der Waals surface area contributed by atoms with Gasteiger partial charge in [-0.15, -0.1) is 0 Å². The monoisotopic (exact) mass is 247 g/mol. The molecule has 0 aliphatic carbocycles. The first-order valence-corrected chi connectivity index (χ1v) is 6.34. The normalized spacial score (nSPS) is 17.8. The fourth-order valence-electron chi connectivity index (χ4n) is 2.21.